The zero-order valence-corrected chi connectivity index (χ0v) is 19.4. The Hall–Kier alpha value is -3.00. The Labute approximate surface area is 187 Å². The molecule has 1 fully saturated rings. The number of aliphatic hydroxyl groups excluding tert-OH is 2. The molecular weight excluding hydrogens is 448 g/mol. The number of phenols is 1. The molecule has 0 unspecified atom stereocenters. The number of allylic oxidation sites excluding steroid dienone is 2. The second-order valence-electron chi connectivity index (χ2n) is 8.45. The minimum absolute atomic E-state index is 0.0162. The van der Waals surface area contributed by atoms with Crippen molar-refractivity contribution in [3.05, 3.63) is 52.4 Å². The SMILES string of the molecule is C=C1c2cccc(O)c2C(O)=C2C(=O)[Si@]3(O)C(O)=C(C(N)=O)C(=O)[Si][C@@H](N(C)C)[C@@H]3C[C@H]12. The van der Waals surface area contributed by atoms with Crippen molar-refractivity contribution in [3.63, 3.8) is 0 Å². The summed E-state index contributed by atoms with van der Waals surface area (Å²) in [4.78, 5) is 52.1. The fourth-order valence-corrected chi connectivity index (χ4v) is 10.9. The Morgan fingerprint density at radius 1 is 1.25 bits per heavy atom. The van der Waals surface area contributed by atoms with E-state index < -0.39 is 68.4 Å². The highest BCUT2D eigenvalue weighted by molar-refractivity contribution is 7.10. The van der Waals surface area contributed by atoms with Gasteiger partial charge in [-0.25, -0.2) is 0 Å². The lowest BCUT2D eigenvalue weighted by Gasteiger charge is -2.46. The summed E-state index contributed by atoms with van der Waals surface area (Å²) in [5, 5.41) is 29.7. The van der Waals surface area contributed by atoms with E-state index in [0.717, 1.165) is 0 Å². The number of rotatable bonds is 2. The highest BCUT2D eigenvalue weighted by Crippen LogP contribution is 2.54. The molecule has 4 atom stereocenters. The number of amides is 1. The first-order valence-corrected chi connectivity index (χ1v) is 13.0. The van der Waals surface area contributed by atoms with Gasteiger partial charge in [-0.05, 0) is 37.7 Å². The van der Waals surface area contributed by atoms with Crippen LogP contribution in [0.4, 0.5) is 0 Å². The van der Waals surface area contributed by atoms with E-state index in [1.165, 1.54) is 6.07 Å². The number of fused-ring (bicyclic) bond motifs is 3. The first-order chi connectivity index (χ1) is 14.9. The van der Waals surface area contributed by atoms with Crippen molar-refractivity contribution >= 4 is 45.9 Å². The predicted molar refractivity (Wildman–Crippen MR) is 119 cm³/mol. The first kappa shape index (κ1) is 22.2. The maximum absolute atomic E-state index is 13.8. The molecule has 2 aliphatic heterocycles. The predicted octanol–water partition coefficient (Wildman–Crippen LogP) is 0.0930. The summed E-state index contributed by atoms with van der Waals surface area (Å²) in [5.74, 6) is -2.69. The fourth-order valence-electron chi connectivity index (χ4n) is 5.01. The molecule has 0 aromatic heterocycles. The van der Waals surface area contributed by atoms with Crippen molar-refractivity contribution in [1.82, 2.24) is 4.90 Å². The third-order valence-corrected chi connectivity index (χ3v) is 12.2. The van der Waals surface area contributed by atoms with Crippen molar-refractivity contribution in [2.24, 2.45) is 11.7 Å². The van der Waals surface area contributed by atoms with Crippen LogP contribution < -0.4 is 5.73 Å². The molecule has 11 heteroatoms. The molecule has 3 aliphatic rings. The molecule has 1 amide bonds. The van der Waals surface area contributed by atoms with Crippen molar-refractivity contribution in [1.29, 1.82) is 0 Å². The molecule has 9 nitrogen and oxygen atoms in total. The Balaban J connectivity index is 2.03. The van der Waals surface area contributed by atoms with Gasteiger partial charge in [-0.2, -0.15) is 0 Å². The van der Waals surface area contributed by atoms with Gasteiger partial charge in [-0.3, -0.25) is 9.59 Å². The van der Waals surface area contributed by atoms with Crippen molar-refractivity contribution in [3.8, 4) is 5.75 Å². The normalized spacial score (nSPS) is 30.1. The number of hydrogen-bond donors (Lipinski definition) is 5. The van der Waals surface area contributed by atoms with Crippen LogP contribution in [0.15, 0.2) is 41.3 Å². The number of aromatic hydroxyl groups is 1. The summed E-state index contributed by atoms with van der Waals surface area (Å²) in [7, 11) is -1.79. The highest BCUT2D eigenvalue weighted by atomic mass is 28.4. The average Bonchev–Trinajstić information content (AvgIpc) is 2.79. The van der Waals surface area contributed by atoms with E-state index in [9.17, 15) is 34.5 Å². The lowest BCUT2D eigenvalue weighted by atomic mass is 9.76. The molecule has 0 saturated carbocycles. The molecule has 2 radical (unpaired) electrons. The molecule has 0 bridgehead atoms. The van der Waals surface area contributed by atoms with Crippen LogP contribution in [0.5, 0.6) is 5.75 Å². The summed E-state index contributed by atoms with van der Waals surface area (Å²) < 4.78 is 0. The maximum Gasteiger partial charge on any atom is 0.342 e. The molecule has 32 heavy (non-hydrogen) atoms. The van der Waals surface area contributed by atoms with Gasteiger partial charge in [0.1, 0.15) is 27.9 Å². The third kappa shape index (κ3) is 2.78. The van der Waals surface area contributed by atoms with E-state index in [0.29, 0.717) is 11.1 Å². The minimum atomic E-state index is -4.62. The number of carbonyl (C=O) groups is 3. The van der Waals surface area contributed by atoms with Crippen molar-refractivity contribution < 1.29 is 34.5 Å². The van der Waals surface area contributed by atoms with Gasteiger partial charge in [-0.15, -0.1) is 0 Å². The van der Waals surface area contributed by atoms with Gasteiger partial charge in [0.05, 0.1) is 5.56 Å². The molecule has 1 aromatic carbocycles. The van der Waals surface area contributed by atoms with E-state index >= 15 is 0 Å². The molecule has 1 aliphatic carbocycles. The number of carbonyl (C=O) groups excluding carboxylic acids is 3. The van der Waals surface area contributed by atoms with E-state index in [1.54, 1.807) is 31.1 Å². The van der Waals surface area contributed by atoms with Crippen LogP contribution in [-0.2, 0) is 14.4 Å². The topological polar surface area (TPSA) is 161 Å². The Kier molecular flexibility index (Phi) is 5.04. The van der Waals surface area contributed by atoms with Gasteiger partial charge >= 0.3 is 8.32 Å². The van der Waals surface area contributed by atoms with Crippen LogP contribution in [0.2, 0.25) is 5.54 Å². The van der Waals surface area contributed by atoms with E-state index in [4.69, 9.17) is 5.73 Å². The van der Waals surface area contributed by atoms with Crippen molar-refractivity contribution in [2.75, 3.05) is 14.1 Å². The Bertz CT molecular complexity index is 1170. The van der Waals surface area contributed by atoms with E-state index in [-0.39, 0.29) is 23.3 Å². The van der Waals surface area contributed by atoms with Gasteiger partial charge in [0.25, 0.3) is 5.91 Å². The number of aliphatic hydroxyl groups is 2. The number of benzene rings is 1. The summed E-state index contributed by atoms with van der Waals surface area (Å²) in [6.45, 7) is 4.08. The molecule has 1 saturated heterocycles. The van der Waals surface area contributed by atoms with Gasteiger partial charge in [0.15, 0.2) is 14.9 Å². The molecule has 2 heterocycles. The van der Waals surface area contributed by atoms with Gasteiger partial charge in [0, 0.05) is 22.7 Å². The third-order valence-electron chi connectivity index (χ3n) is 6.55. The van der Waals surface area contributed by atoms with Gasteiger partial charge in [-0.1, -0.05) is 18.7 Å². The lowest BCUT2D eigenvalue weighted by molar-refractivity contribution is -0.118. The average molecular weight is 471 g/mol. The maximum atomic E-state index is 13.8. The zero-order chi connectivity index (χ0) is 23.7. The molecule has 4 rings (SSSR count). The Morgan fingerprint density at radius 2 is 1.91 bits per heavy atom. The van der Waals surface area contributed by atoms with Crippen LogP contribution in [-0.4, -0.2) is 79.3 Å². The van der Waals surface area contributed by atoms with Crippen LogP contribution in [0.25, 0.3) is 11.3 Å². The quantitative estimate of drug-likeness (QED) is 0.300. The molecular formula is C21H22N2O7Si2. The van der Waals surface area contributed by atoms with Gasteiger partial charge < -0.3 is 35.5 Å². The minimum Gasteiger partial charge on any atom is -0.513 e. The Morgan fingerprint density at radius 3 is 2.50 bits per heavy atom. The fraction of sp³-hybridized carbons (Fsp3) is 0.286. The van der Waals surface area contributed by atoms with Crippen LogP contribution >= 0.6 is 0 Å². The number of phenolic OH excluding ortho intramolecular Hbond substituents is 1. The van der Waals surface area contributed by atoms with E-state index in [2.05, 4.69) is 6.58 Å². The summed E-state index contributed by atoms with van der Waals surface area (Å²) in [6.07, 6.45) is 0.112. The number of nitrogens with two attached hydrogens (primary N) is 1. The van der Waals surface area contributed by atoms with Gasteiger partial charge in [0.2, 0.25) is 0 Å². The monoisotopic (exact) mass is 470 g/mol. The standard InChI is InChI=1S/C21H22N2O7Si2/c1-8-9-5-4-6-11(24)13(9)16(25)14-10(8)7-12-18(23(2)3)31-19(27)15(17(22)26)21(29)32(12,30)20(14)28/h4-6,10,12,18,24-25,29-30H,1,7H2,2-3H3,(H2,22,26)/t10-,12+,18-,32+/m1/s1. The smallest absolute Gasteiger partial charge is 0.342 e. The molecule has 0 spiro atoms. The second kappa shape index (κ2) is 7.27. The molecule has 1 aromatic rings. The van der Waals surface area contributed by atoms with E-state index in [1.807, 2.05) is 0 Å². The zero-order valence-electron chi connectivity index (χ0n) is 17.4. The van der Waals surface area contributed by atoms with Crippen molar-refractivity contribution in [2.45, 2.75) is 17.6 Å². The molecule has 6 N–H and O–H groups in total. The van der Waals surface area contributed by atoms with Crippen LogP contribution in [0, 0.1) is 5.92 Å². The number of nitrogens with zero attached hydrogens (tertiary/aromatic N) is 1. The largest absolute Gasteiger partial charge is 0.513 e. The number of hydrogen-bond acceptors (Lipinski definition) is 8. The lowest BCUT2D eigenvalue weighted by Crippen LogP contribution is -2.62. The summed E-state index contributed by atoms with van der Waals surface area (Å²) in [6, 6.07) is 4.61. The molecule has 166 valence electrons. The highest BCUT2D eigenvalue weighted by Gasteiger charge is 2.64. The van der Waals surface area contributed by atoms with Crippen LogP contribution in [0.1, 0.15) is 17.5 Å². The van der Waals surface area contributed by atoms with Crippen LogP contribution in [0.3, 0.4) is 0 Å². The number of primary amides is 1. The summed E-state index contributed by atoms with van der Waals surface area (Å²) >= 11 is 0. The first-order valence-electron chi connectivity index (χ1n) is 9.85. The summed E-state index contributed by atoms with van der Waals surface area (Å²) in [5.41, 5.74) is 3.87. The second-order valence-corrected chi connectivity index (χ2v) is 13.0.